The second-order valence-electron chi connectivity index (χ2n) is 4.40. The number of amides is 2. The van der Waals surface area contributed by atoms with Gasteiger partial charge in [0.15, 0.2) is 0 Å². The van der Waals surface area contributed by atoms with Crippen molar-refractivity contribution >= 4 is 17.7 Å². The number of rotatable bonds is 6. The van der Waals surface area contributed by atoms with Crippen LogP contribution in [0.25, 0.3) is 0 Å². The molecule has 1 aromatic carbocycles. The van der Waals surface area contributed by atoms with Gasteiger partial charge in [0.1, 0.15) is 0 Å². The number of hydrogen-bond donors (Lipinski definition) is 2. The van der Waals surface area contributed by atoms with Gasteiger partial charge < -0.3 is 20.1 Å². The number of carbonyl (C=O) groups excluding carboxylic acids is 1. The number of aryl methyl sites for hydroxylation is 1. The van der Waals surface area contributed by atoms with Crippen LogP contribution in [0.4, 0.5) is 10.5 Å². The Labute approximate surface area is 118 Å². The molecule has 1 rings (SSSR count). The first kappa shape index (κ1) is 16.0. The third kappa shape index (κ3) is 4.55. The average Bonchev–Trinajstić information content (AvgIpc) is 2.40. The minimum Gasteiger partial charge on any atom is -0.478 e. The maximum Gasteiger partial charge on any atom is 0.337 e. The van der Waals surface area contributed by atoms with E-state index in [1.165, 1.54) is 11.0 Å². The van der Waals surface area contributed by atoms with E-state index in [-0.39, 0.29) is 17.3 Å². The van der Waals surface area contributed by atoms with Crippen LogP contribution in [-0.2, 0) is 4.74 Å². The molecule has 2 amide bonds. The molecular formula is C14H20N2O4. The highest BCUT2D eigenvalue weighted by molar-refractivity contribution is 6.00. The van der Waals surface area contributed by atoms with Crippen molar-refractivity contribution in [3.05, 3.63) is 29.3 Å². The molecule has 0 saturated carbocycles. The van der Waals surface area contributed by atoms with Crippen LogP contribution in [0, 0.1) is 6.92 Å². The van der Waals surface area contributed by atoms with Gasteiger partial charge >= 0.3 is 12.0 Å². The SMILES string of the molecule is CCOCCN(C)C(=O)Nc1ccc(C)cc1C(=O)O. The monoisotopic (exact) mass is 280 g/mol. The molecule has 0 aromatic heterocycles. The van der Waals surface area contributed by atoms with Crippen molar-refractivity contribution in [3.63, 3.8) is 0 Å². The number of ether oxygens (including phenoxy) is 1. The van der Waals surface area contributed by atoms with E-state index in [2.05, 4.69) is 5.32 Å². The molecule has 0 saturated heterocycles. The minimum atomic E-state index is -1.07. The molecule has 0 aliphatic heterocycles. The van der Waals surface area contributed by atoms with Crippen molar-refractivity contribution in [1.82, 2.24) is 4.90 Å². The molecule has 2 N–H and O–H groups in total. The number of nitrogens with zero attached hydrogens (tertiary/aromatic N) is 1. The number of hydrogen-bond acceptors (Lipinski definition) is 3. The van der Waals surface area contributed by atoms with E-state index in [0.29, 0.717) is 19.8 Å². The van der Waals surface area contributed by atoms with E-state index in [4.69, 9.17) is 9.84 Å². The highest BCUT2D eigenvalue weighted by Crippen LogP contribution is 2.17. The van der Waals surface area contributed by atoms with Crippen LogP contribution in [-0.4, -0.2) is 48.8 Å². The molecule has 0 radical (unpaired) electrons. The first-order valence-corrected chi connectivity index (χ1v) is 6.39. The van der Waals surface area contributed by atoms with Crippen LogP contribution < -0.4 is 5.32 Å². The van der Waals surface area contributed by atoms with Gasteiger partial charge in [-0.3, -0.25) is 0 Å². The van der Waals surface area contributed by atoms with Crippen molar-refractivity contribution in [1.29, 1.82) is 0 Å². The smallest absolute Gasteiger partial charge is 0.337 e. The standard InChI is InChI=1S/C14H20N2O4/c1-4-20-8-7-16(3)14(19)15-12-6-5-10(2)9-11(12)13(17)18/h5-6,9H,4,7-8H2,1-3H3,(H,15,19)(H,17,18). The van der Waals surface area contributed by atoms with E-state index in [1.54, 1.807) is 26.1 Å². The lowest BCUT2D eigenvalue weighted by molar-refractivity contribution is 0.0698. The number of carbonyl (C=O) groups is 2. The van der Waals surface area contributed by atoms with Crippen molar-refractivity contribution in [3.8, 4) is 0 Å². The number of nitrogens with one attached hydrogen (secondary N) is 1. The molecule has 1 aromatic rings. The molecule has 0 aliphatic carbocycles. The predicted octanol–water partition coefficient (Wildman–Crippen LogP) is 2.19. The van der Waals surface area contributed by atoms with Crippen LogP contribution in [0.5, 0.6) is 0 Å². The number of anilines is 1. The Kier molecular flexibility index (Phi) is 5.99. The highest BCUT2D eigenvalue weighted by Gasteiger charge is 2.14. The number of likely N-dealkylation sites (N-methyl/N-ethyl adjacent to an activating group) is 1. The van der Waals surface area contributed by atoms with Gasteiger partial charge in [-0.05, 0) is 26.0 Å². The van der Waals surface area contributed by atoms with Gasteiger partial charge in [-0.25, -0.2) is 9.59 Å². The van der Waals surface area contributed by atoms with Gasteiger partial charge in [0.2, 0.25) is 0 Å². The molecule has 0 fully saturated rings. The summed E-state index contributed by atoms with van der Waals surface area (Å²) in [4.78, 5) is 24.5. The van der Waals surface area contributed by atoms with E-state index in [1.807, 2.05) is 6.92 Å². The molecule has 6 nitrogen and oxygen atoms in total. The number of carboxylic acids is 1. The lowest BCUT2D eigenvalue weighted by atomic mass is 10.1. The summed E-state index contributed by atoms with van der Waals surface area (Å²) in [7, 11) is 1.63. The lowest BCUT2D eigenvalue weighted by Gasteiger charge is -2.18. The fraction of sp³-hybridized carbons (Fsp3) is 0.429. The summed E-state index contributed by atoms with van der Waals surface area (Å²) in [5.74, 6) is -1.07. The summed E-state index contributed by atoms with van der Waals surface area (Å²) < 4.78 is 5.17. The van der Waals surface area contributed by atoms with Gasteiger partial charge in [-0.1, -0.05) is 11.6 Å². The maximum atomic E-state index is 11.9. The van der Waals surface area contributed by atoms with Crippen molar-refractivity contribution < 1.29 is 19.4 Å². The number of aromatic carboxylic acids is 1. The molecule has 110 valence electrons. The Morgan fingerprint density at radius 3 is 2.70 bits per heavy atom. The van der Waals surface area contributed by atoms with Gasteiger partial charge in [-0.15, -0.1) is 0 Å². The van der Waals surface area contributed by atoms with Gasteiger partial charge in [0, 0.05) is 20.2 Å². The maximum absolute atomic E-state index is 11.9. The summed E-state index contributed by atoms with van der Waals surface area (Å²) in [5, 5.41) is 11.7. The summed E-state index contributed by atoms with van der Waals surface area (Å²) in [6.07, 6.45) is 0. The van der Waals surface area contributed by atoms with Gasteiger partial charge in [0.25, 0.3) is 0 Å². The molecule has 6 heteroatoms. The third-order valence-electron chi connectivity index (χ3n) is 2.77. The Morgan fingerprint density at radius 1 is 1.40 bits per heavy atom. The molecule has 20 heavy (non-hydrogen) atoms. The molecule has 0 bridgehead atoms. The summed E-state index contributed by atoms with van der Waals surface area (Å²) in [5.41, 5.74) is 1.19. The van der Waals surface area contributed by atoms with Gasteiger partial charge in [-0.2, -0.15) is 0 Å². The van der Waals surface area contributed by atoms with E-state index in [9.17, 15) is 9.59 Å². The van der Waals surface area contributed by atoms with Crippen LogP contribution in [0.15, 0.2) is 18.2 Å². The molecule has 0 atom stereocenters. The first-order valence-electron chi connectivity index (χ1n) is 6.39. The third-order valence-corrected chi connectivity index (χ3v) is 2.77. The fourth-order valence-electron chi connectivity index (χ4n) is 1.60. The molecule has 0 unspecified atom stereocenters. The zero-order valence-corrected chi connectivity index (χ0v) is 12.0. The lowest BCUT2D eigenvalue weighted by Crippen LogP contribution is -2.34. The average molecular weight is 280 g/mol. The molecule has 0 spiro atoms. The Hall–Kier alpha value is -2.08. The zero-order chi connectivity index (χ0) is 15.1. The second-order valence-corrected chi connectivity index (χ2v) is 4.40. The van der Waals surface area contributed by atoms with Crippen LogP contribution >= 0.6 is 0 Å². The normalized spacial score (nSPS) is 10.2. The summed E-state index contributed by atoms with van der Waals surface area (Å²) >= 11 is 0. The highest BCUT2D eigenvalue weighted by atomic mass is 16.5. The summed E-state index contributed by atoms with van der Waals surface area (Å²) in [6.45, 7) is 5.16. The number of urea groups is 1. The van der Waals surface area contributed by atoms with E-state index >= 15 is 0 Å². The van der Waals surface area contributed by atoms with Crippen LogP contribution in [0.2, 0.25) is 0 Å². The molecule has 0 aliphatic rings. The Balaban J connectivity index is 2.72. The minimum absolute atomic E-state index is 0.0801. The Morgan fingerprint density at radius 2 is 2.10 bits per heavy atom. The predicted molar refractivity (Wildman–Crippen MR) is 76.3 cm³/mol. The van der Waals surface area contributed by atoms with Crippen molar-refractivity contribution in [2.75, 3.05) is 32.1 Å². The topological polar surface area (TPSA) is 78.9 Å². The summed E-state index contributed by atoms with van der Waals surface area (Å²) in [6, 6.07) is 4.50. The number of benzene rings is 1. The largest absolute Gasteiger partial charge is 0.478 e. The van der Waals surface area contributed by atoms with Crippen LogP contribution in [0.1, 0.15) is 22.8 Å². The molecule has 0 heterocycles. The van der Waals surface area contributed by atoms with Crippen molar-refractivity contribution in [2.45, 2.75) is 13.8 Å². The fourth-order valence-corrected chi connectivity index (χ4v) is 1.60. The van der Waals surface area contributed by atoms with Crippen molar-refractivity contribution in [2.24, 2.45) is 0 Å². The second kappa shape index (κ2) is 7.49. The van der Waals surface area contributed by atoms with E-state index < -0.39 is 5.97 Å². The number of carboxylic acid groups (broad SMARTS) is 1. The van der Waals surface area contributed by atoms with Crippen LogP contribution in [0.3, 0.4) is 0 Å². The quantitative estimate of drug-likeness (QED) is 0.783. The van der Waals surface area contributed by atoms with Gasteiger partial charge in [0.05, 0.1) is 17.9 Å². The van der Waals surface area contributed by atoms with E-state index in [0.717, 1.165) is 5.56 Å². The Bertz CT molecular complexity index is 488. The molecular weight excluding hydrogens is 260 g/mol. The first-order chi connectivity index (χ1) is 9.45. The zero-order valence-electron chi connectivity index (χ0n) is 12.0.